The van der Waals surface area contributed by atoms with Gasteiger partial charge in [0.2, 0.25) is 5.78 Å². The smallest absolute Gasteiger partial charge is 0.266 e. The van der Waals surface area contributed by atoms with Gasteiger partial charge in [0.1, 0.15) is 23.1 Å². The van der Waals surface area contributed by atoms with Crippen LogP contribution >= 0.6 is 51.1 Å². The van der Waals surface area contributed by atoms with Gasteiger partial charge in [0.15, 0.2) is 5.82 Å². The number of fused-ring (bicyclic) bond motifs is 1. The van der Waals surface area contributed by atoms with Crippen LogP contribution in [0.5, 0.6) is 0 Å². The Kier molecular flexibility index (Phi) is 7.92. The number of pyridine rings is 1. The van der Waals surface area contributed by atoms with Crippen LogP contribution in [0, 0.1) is 23.3 Å². The molecule has 0 aliphatic heterocycles. The molecule has 0 fully saturated rings. The van der Waals surface area contributed by atoms with E-state index in [1.165, 1.54) is 24.4 Å². The molecule has 0 saturated heterocycles. The summed E-state index contributed by atoms with van der Waals surface area (Å²) < 4.78 is 61.9. The van der Waals surface area contributed by atoms with Crippen molar-refractivity contribution in [1.29, 1.82) is 0 Å². The number of halogens is 7. The van der Waals surface area contributed by atoms with Gasteiger partial charge in [0.05, 0.1) is 37.3 Å². The lowest BCUT2D eigenvalue weighted by Crippen LogP contribution is -2.13. The number of rotatable bonds is 6. The van der Waals surface area contributed by atoms with Gasteiger partial charge in [-0.25, -0.2) is 22.5 Å². The predicted octanol–water partition coefficient (Wildman–Crippen LogP) is 8.70. The van der Waals surface area contributed by atoms with Crippen molar-refractivity contribution in [2.24, 2.45) is 0 Å². The molecule has 2 heterocycles. The number of anilines is 1. The minimum absolute atomic E-state index is 0.0137. The fourth-order valence-corrected chi connectivity index (χ4v) is 5.48. The third-order valence-electron chi connectivity index (χ3n) is 5.73. The third kappa shape index (κ3) is 5.22. The van der Waals surface area contributed by atoms with Gasteiger partial charge in [0.25, 0.3) is 5.91 Å². The van der Waals surface area contributed by atoms with Crippen LogP contribution in [0.2, 0.25) is 10.0 Å². The van der Waals surface area contributed by atoms with Gasteiger partial charge in [-0.15, -0.1) is 0 Å². The van der Waals surface area contributed by atoms with Crippen molar-refractivity contribution in [2.45, 2.75) is 4.90 Å². The van der Waals surface area contributed by atoms with Crippen LogP contribution in [-0.4, -0.2) is 21.2 Å². The molecule has 5 aromatic rings. The maximum Gasteiger partial charge on any atom is 0.266 e. The molecule has 0 spiro atoms. The highest BCUT2D eigenvalue weighted by Gasteiger charge is 2.28. The molecule has 0 amide bonds. The van der Waals surface area contributed by atoms with Crippen LogP contribution in [0.1, 0.15) is 26.3 Å². The molecule has 5 nitrogen and oxygen atoms in total. The molecule has 0 aliphatic carbocycles. The largest absolute Gasteiger partial charge is 0.323 e. The van der Waals surface area contributed by atoms with Crippen molar-refractivity contribution >= 4 is 79.5 Å². The Hall–Kier alpha value is -3.38. The first-order valence-electron chi connectivity index (χ1n) is 11.1. The van der Waals surface area contributed by atoms with Crippen LogP contribution < -0.4 is 4.72 Å². The van der Waals surface area contributed by atoms with Gasteiger partial charge < -0.3 is 4.72 Å². The van der Waals surface area contributed by atoms with E-state index in [9.17, 15) is 22.8 Å². The molecule has 0 unspecified atom stereocenters. The van der Waals surface area contributed by atoms with Gasteiger partial charge in [-0.05, 0) is 76.4 Å². The molecule has 13 heteroatoms. The fourth-order valence-electron chi connectivity index (χ4n) is 3.88. The van der Waals surface area contributed by atoms with E-state index in [2.05, 4.69) is 25.6 Å². The van der Waals surface area contributed by atoms with Gasteiger partial charge in [-0.1, -0.05) is 29.3 Å². The molecule has 3 aromatic carbocycles. The number of nitrogens with zero attached hydrogens (tertiary/aromatic N) is 2. The highest BCUT2D eigenvalue weighted by atomic mass is 79.9. The maximum absolute atomic E-state index is 15.5. The quantitative estimate of drug-likeness (QED) is 0.111. The first-order chi connectivity index (χ1) is 19.1. The summed E-state index contributed by atoms with van der Waals surface area (Å²) >= 11 is 16.2. The molecule has 202 valence electrons. The summed E-state index contributed by atoms with van der Waals surface area (Å²) in [4.78, 5) is 31.1. The van der Waals surface area contributed by atoms with Gasteiger partial charge >= 0.3 is 0 Å². The number of aromatic nitrogens is 2. The summed E-state index contributed by atoms with van der Waals surface area (Å²) in [7, 11) is 0. The molecule has 0 bridgehead atoms. The maximum atomic E-state index is 15.5. The molecular weight excluding hydrogens is 657 g/mol. The number of carbonyl (C=O) groups excluding carboxylic acids is 2. The van der Waals surface area contributed by atoms with Crippen molar-refractivity contribution in [3.05, 3.63) is 121 Å². The molecular formula is C27H12BrCl2F4N3O2S. The summed E-state index contributed by atoms with van der Waals surface area (Å²) in [6.07, 6.45) is 2.48. The number of hydrogen-bond acceptors (Lipinski definition) is 5. The normalized spacial score (nSPS) is 11.2. The Balaban J connectivity index is 1.58. The summed E-state index contributed by atoms with van der Waals surface area (Å²) in [5.74, 6) is -5.77. The summed E-state index contributed by atoms with van der Waals surface area (Å²) in [6.45, 7) is 0. The van der Waals surface area contributed by atoms with Crippen LogP contribution in [0.25, 0.3) is 11.0 Å². The fraction of sp³-hybridized carbons (Fsp3) is 0. The Morgan fingerprint density at radius 2 is 1.62 bits per heavy atom. The number of ketones is 1. The zero-order valence-corrected chi connectivity index (χ0v) is 23.5. The highest BCUT2D eigenvalue weighted by Crippen LogP contribution is 2.33. The van der Waals surface area contributed by atoms with Crippen LogP contribution in [0.15, 0.2) is 76.4 Å². The zero-order valence-electron chi connectivity index (χ0n) is 19.6. The Labute approximate surface area is 246 Å². The van der Waals surface area contributed by atoms with Crippen LogP contribution in [0.3, 0.4) is 0 Å². The monoisotopic (exact) mass is 667 g/mol. The van der Waals surface area contributed by atoms with Gasteiger partial charge in [-0.2, -0.15) is 0 Å². The second kappa shape index (κ2) is 11.2. The molecule has 0 aliphatic rings. The minimum atomic E-state index is -1.28. The van der Waals surface area contributed by atoms with Gasteiger partial charge in [0, 0.05) is 22.3 Å². The molecule has 40 heavy (non-hydrogen) atoms. The van der Waals surface area contributed by atoms with Crippen molar-refractivity contribution in [2.75, 3.05) is 4.72 Å². The SMILES string of the molecule is O=C(c1c(F)ccc(NSc2cc(F)ccc2F)c1F)c1cn(C(=O)c2c(Cl)cccc2Cl)c2ncc(Br)cc12. The minimum Gasteiger partial charge on any atom is -0.323 e. The molecule has 1 N–H and O–H groups in total. The van der Waals surface area contributed by atoms with Crippen molar-refractivity contribution in [3.63, 3.8) is 0 Å². The Morgan fingerprint density at radius 1 is 0.925 bits per heavy atom. The van der Waals surface area contributed by atoms with E-state index < -0.39 is 40.5 Å². The lowest BCUT2D eigenvalue weighted by atomic mass is 10.0. The van der Waals surface area contributed by atoms with Crippen molar-refractivity contribution in [3.8, 4) is 0 Å². The Morgan fingerprint density at radius 3 is 2.35 bits per heavy atom. The number of hydrogen-bond donors (Lipinski definition) is 1. The first kappa shape index (κ1) is 28.2. The molecule has 2 aromatic heterocycles. The molecule has 0 saturated carbocycles. The van der Waals surface area contributed by atoms with Crippen LogP contribution in [0.4, 0.5) is 23.2 Å². The van der Waals surface area contributed by atoms with Crippen molar-refractivity contribution in [1.82, 2.24) is 9.55 Å². The second-order valence-corrected chi connectivity index (χ2v) is 10.8. The highest BCUT2D eigenvalue weighted by molar-refractivity contribution is 9.10. The third-order valence-corrected chi connectivity index (χ3v) is 7.65. The standard InChI is InChI=1S/C27H12BrCl2F4N3O2S/c28-12-8-14-15(11-37(26(14)35-10-12)27(39)22-16(29)2-1-3-17(22)30)25(38)23-19(33)6-7-20(24(23)34)36-40-21-9-13(31)4-5-18(21)32/h1-11,36H. The Bertz CT molecular complexity index is 1830. The molecule has 0 radical (unpaired) electrons. The average Bonchev–Trinajstić information content (AvgIpc) is 3.28. The van der Waals surface area contributed by atoms with E-state index in [1.54, 1.807) is 6.07 Å². The van der Waals surface area contributed by atoms with E-state index in [0.29, 0.717) is 16.4 Å². The zero-order chi connectivity index (χ0) is 28.7. The van der Waals surface area contributed by atoms with E-state index in [0.717, 1.165) is 41.1 Å². The summed E-state index contributed by atoms with van der Waals surface area (Å²) in [5.41, 5.74) is -1.58. The van der Waals surface area contributed by atoms with Crippen LogP contribution in [-0.2, 0) is 0 Å². The van der Waals surface area contributed by atoms with E-state index in [4.69, 9.17) is 23.2 Å². The lowest BCUT2D eigenvalue weighted by molar-refractivity contribution is 0.0964. The topological polar surface area (TPSA) is 64.0 Å². The summed E-state index contributed by atoms with van der Waals surface area (Å²) in [5, 5.41) is 0.212. The van der Waals surface area contributed by atoms with Crippen molar-refractivity contribution < 1.29 is 27.2 Å². The van der Waals surface area contributed by atoms with E-state index >= 15 is 4.39 Å². The predicted molar refractivity (Wildman–Crippen MR) is 149 cm³/mol. The number of carbonyl (C=O) groups is 2. The lowest BCUT2D eigenvalue weighted by Gasteiger charge is -2.11. The number of nitrogens with one attached hydrogen (secondary N) is 1. The second-order valence-electron chi connectivity index (χ2n) is 8.23. The first-order valence-corrected chi connectivity index (χ1v) is 13.5. The average molecular weight is 669 g/mol. The number of benzene rings is 3. The van der Waals surface area contributed by atoms with E-state index in [1.807, 2.05) is 0 Å². The molecule has 5 rings (SSSR count). The summed E-state index contributed by atoms with van der Waals surface area (Å²) in [6, 6.07) is 10.5. The molecule has 0 atom stereocenters. The van der Waals surface area contributed by atoms with E-state index in [-0.39, 0.29) is 42.8 Å². The van der Waals surface area contributed by atoms with Gasteiger partial charge in [-0.3, -0.25) is 14.2 Å².